The Labute approximate surface area is 151 Å². The van der Waals surface area contributed by atoms with Crippen molar-refractivity contribution >= 4 is 22.0 Å². The van der Waals surface area contributed by atoms with E-state index in [9.17, 15) is 0 Å². The molecule has 0 spiro atoms. The highest BCUT2D eigenvalue weighted by Gasteiger charge is 2.14. The first-order chi connectivity index (χ1) is 12.3. The van der Waals surface area contributed by atoms with Crippen molar-refractivity contribution in [3.63, 3.8) is 0 Å². The maximum absolute atomic E-state index is 4.85. The Hall–Kier alpha value is -2.59. The monoisotopic (exact) mass is 345 g/mol. The zero-order valence-electron chi connectivity index (χ0n) is 14.1. The number of fused-ring (bicyclic) bond motifs is 2. The molecule has 3 nitrogen and oxygen atoms in total. The predicted octanol–water partition coefficient (Wildman–Crippen LogP) is 5.26. The summed E-state index contributed by atoms with van der Waals surface area (Å²) in [5, 5.41) is 5.61. The van der Waals surface area contributed by atoms with Crippen LogP contribution in [0.3, 0.4) is 0 Å². The van der Waals surface area contributed by atoms with E-state index in [-0.39, 0.29) is 0 Å². The maximum atomic E-state index is 4.85. The van der Waals surface area contributed by atoms with Crippen LogP contribution in [0.25, 0.3) is 27.5 Å². The van der Waals surface area contributed by atoms with Gasteiger partial charge >= 0.3 is 0 Å². The van der Waals surface area contributed by atoms with Crippen LogP contribution >= 0.6 is 11.3 Å². The molecule has 25 heavy (non-hydrogen) atoms. The van der Waals surface area contributed by atoms with Crippen molar-refractivity contribution < 1.29 is 0 Å². The molecule has 0 saturated heterocycles. The number of aromatic nitrogens is 2. The number of rotatable bonds is 3. The van der Waals surface area contributed by atoms with Crippen molar-refractivity contribution in [3.8, 4) is 22.5 Å². The minimum Gasteiger partial charge on any atom is -0.384 e. The zero-order chi connectivity index (χ0) is 16.8. The fraction of sp³-hybridized carbons (Fsp3) is 0.190. The second-order valence-corrected chi connectivity index (χ2v) is 7.34. The summed E-state index contributed by atoms with van der Waals surface area (Å²) in [6, 6.07) is 15.5. The highest BCUT2D eigenvalue weighted by Crippen LogP contribution is 2.32. The number of aryl methyl sites for hydroxylation is 1. The first kappa shape index (κ1) is 14.7. The predicted molar refractivity (Wildman–Crippen MR) is 106 cm³/mol. The third kappa shape index (κ3) is 2.45. The topological polar surface area (TPSA) is 29.3 Å². The number of nitrogens with one attached hydrogen (secondary N) is 1. The molecule has 1 N–H and O–H groups in total. The molecule has 0 radical (unpaired) electrons. The molecule has 4 aromatic rings. The quantitative estimate of drug-likeness (QED) is 0.549. The standard InChI is InChI=1S/C21H19N3S/c1-2-14-3-5-15(6-4-14)20-13-25-21-23-19(12-24(20)21)16-7-8-18-17(11-16)9-10-22-18/h3-8,11-13,22H,2,9-10H2,1H3. The average Bonchev–Trinajstić information content (AvgIpc) is 3.36. The highest BCUT2D eigenvalue weighted by atomic mass is 32.1. The summed E-state index contributed by atoms with van der Waals surface area (Å²) in [5.41, 5.74) is 8.73. The molecule has 0 bridgehead atoms. The van der Waals surface area contributed by atoms with Crippen molar-refractivity contribution in [2.75, 3.05) is 11.9 Å². The van der Waals surface area contributed by atoms with Crippen LogP contribution in [0.15, 0.2) is 54.0 Å². The van der Waals surface area contributed by atoms with Crippen LogP contribution in [0.4, 0.5) is 5.69 Å². The Morgan fingerprint density at radius 2 is 1.96 bits per heavy atom. The second-order valence-electron chi connectivity index (χ2n) is 6.50. The average molecular weight is 345 g/mol. The van der Waals surface area contributed by atoms with E-state index < -0.39 is 0 Å². The van der Waals surface area contributed by atoms with Gasteiger partial charge in [0.2, 0.25) is 0 Å². The van der Waals surface area contributed by atoms with Gasteiger partial charge in [0.25, 0.3) is 0 Å². The Bertz CT molecular complexity index is 1060. The lowest BCUT2D eigenvalue weighted by atomic mass is 10.1. The third-order valence-electron chi connectivity index (χ3n) is 4.98. The molecule has 0 atom stereocenters. The molecule has 2 aromatic carbocycles. The molecule has 0 aliphatic carbocycles. The van der Waals surface area contributed by atoms with E-state index in [2.05, 4.69) is 70.7 Å². The van der Waals surface area contributed by atoms with Gasteiger partial charge in [-0.05, 0) is 41.7 Å². The van der Waals surface area contributed by atoms with E-state index in [0.717, 1.165) is 30.0 Å². The molecule has 4 heteroatoms. The number of hydrogen-bond acceptors (Lipinski definition) is 3. The minimum absolute atomic E-state index is 1.04. The van der Waals surface area contributed by atoms with Gasteiger partial charge in [-0.25, -0.2) is 4.98 Å². The van der Waals surface area contributed by atoms with E-state index in [1.54, 1.807) is 11.3 Å². The van der Waals surface area contributed by atoms with Crippen molar-refractivity contribution in [1.29, 1.82) is 0 Å². The van der Waals surface area contributed by atoms with E-state index >= 15 is 0 Å². The van der Waals surface area contributed by atoms with Gasteiger partial charge in [0.15, 0.2) is 4.96 Å². The van der Waals surface area contributed by atoms with Gasteiger partial charge in [0, 0.05) is 29.4 Å². The summed E-state index contributed by atoms with van der Waals surface area (Å²) in [6.45, 7) is 3.22. The summed E-state index contributed by atoms with van der Waals surface area (Å²) in [7, 11) is 0. The molecule has 1 aliphatic rings. The first-order valence-electron chi connectivity index (χ1n) is 8.75. The molecule has 3 heterocycles. The molecular formula is C21H19N3S. The van der Waals surface area contributed by atoms with E-state index in [4.69, 9.17) is 4.98 Å². The SMILES string of the molecule is CCc1ccc(-c2csc3nc(-c4ccc5c(c4)CCN5)cn23)cc1. The Kier molecular flexibility index (Phi) is 3.38. The first-order valence-corrected chi connectivity index (χ1v) is 9.63. The van der Waals surface area contributed by atoms with Gasteiger partial charge in [-0.1, -0.05) is 37.3 Å². The Morgan fingerprint density at radius 1 is 1.12 bits per heavy atom. The van der Waals surface area contributed by atoms with Gasteiger partial charge in [0.05, 0.1) is 11.4 Å². The van der Waals surface area contributed by atoms with Crippen LogP contribution in [-0.2, 0) is 12.8 Å². The van der Waals surface area contributed by atoms with Gasteiger partial charge in [-0.2, -0.15) is 0 Å². The number of thiazole rings is 1. The maximum Gasteiger partial charge on any atom is 0.194 e. The molecule has 0 fully saturated rings. The smallest absolute Gasteiger partial charge is 0.194 e. The lowest BCUT2D eigenvalue weighted by Crippen LogP contribution is -1.90. The van der Waals surface area contributed by atoms with Crippen molar-refractivity contribution in [2.24, 2.45) is 0 Å². The van der Waals surface area contributed by atoms with Crippen LogP contribution in [0.1, 0.15) is 18.1 Å². The lowest BCUT2D eigenvalue weighted by molar-refractivity contribution is 1.11. The van der Waals surface area contributed by atoms with Crippen LogP contribution in [0.2, 0.25) is 0 Å². The van der Waals surface area contributed by atoms with Gasteiger partial charge in [0.1, 0.15) is 0 Å². The normalized spacial score (nSPS) is 13.2. The van der Waals surface area contributed by atoms with Crippen molar-refractivity contribution in [1.82, 2.24) is 9.38 Å². The molecule has 1 aliphatic heterocycles. The third-order valence-corrected chi connectivity index (χ3v) is 5.82. The number of hydrogen-bond donors (Lipinski definition) is 1. The van der Waals surface area contributed by atoms with E-state index in [1.165, 1.54) is 33.6 Å². The number of imidazole rings is 1. The van der Waals surface area contributed by atoms with Crippen LogP contribution in [0.5, 0.6) is 0 Å². The highest BCUT2D eigenvalue weighted by molar-refractivity contribution is 7.15. The summed E-state index contributed by atoms with van der Waals surface area (Å²) >= 11 is 1.70. The summed E-state index contributed by atoms with van der Waals surface area (Å²) in [6.07, 6.45) is 4.33. The van der Waals surface area contributed by atoms with Gasteiger partial charge < -0.3 is 5.32 Å². The minimum atomic E-state index is 1.04. The van der Waals surface area contributed by atoms with Gasteiger partial charge in [-0.3, -0.25) is 4.40 Å². The van der Waals surface area contributed by atoms with Crippen LogP contribution in [0, 0.1) is 0 Å². The fourth-order valence-electron chi connectivity index (χ4n) is 3.51. The van der Waals surface area contributed by atoms with Crippen LogP contribution in [-0.4, -0.2) is 15.9 Å². The van der Waals surface area contributed by atoms with E-state index in [1.807, 2.05) is 0 Å². The molecule has 0 unspecified atom stereocenters. The molecule has 2 aromatic heterocycles. The largest absolute Gasteiger partial charge is 0.384 e. The van der Waals surface area contributed by atoms with E-state index in [0.29, 0.717) is 0 Å². The molecule has 124 valence electrons. The lowest BCUT2D eigenvalue weighted by Gasteiger charge is -2.03. The fourth-order valence-corrected chi connectivity index (χ4v) is 4.39. The molecule has 0 saturated carbocycles. The number of nitrogens with zero attached hydrogens (tertiary/aromatic N) is 2. The summed E-state index contributed by atoms with van der Waals surface area (Å²) < 4.78 is 2.21. The zero-order valence-corrected chi connectivity index (χ0v) is 14.9. The van der Waals surface area contributed by atoms with Crippen LogP contribution < -0.4 is 5.32 Å². The number of anilines is 1. The molecule has 5 rings (SSSR count). The Morgan fingerprint density at radius 3 is 2.80 bits per heavy atom. The molecular weight excluding hydrogens is 326 g/mol. The number of benzene rings is 2. The van der Waals surface area contributed by atoms with Gasteiger partial charge in [-0.15, -0.1) is 11.3 Å². The van der Waals surface area contributed by atoms with Crippen molar-refractivity contribution in [3.05, 3.63) is 65.2 Å². The summed E-state index contributed by atoms with van der Waals surface area (Å²) in [4.78, 5) is 5.89. The summed E-state index contributed by atoms with van der Waals surface area (Å²) in [5.74, 6) is 0. The Balaban J connectivity index is 1.57. The van der Waals surface area contributed by atoms with Crippen molar-refractivity contribution in [2.45, 2.75) is 19.8 Å². The molecule has 0 amide bonds. The second kappa shape index (κ2) is 5.74.